The Bertz CT molecular complexity index is 1040. The number of nitrogens with zero attached hydrogens (tertiary/aromatic N) is 1. The van der Waals surface area contributed by atoms with Gasteiger partial charge in [-0.05, 0) is 54.9 Å². The van der Waals surface area contributed by atoms with Crippen molar-refractivity contribution in [3.63, 3.8) is 0 Å². The lowest BCUT2D eigenvalue weighted by Crippen LogP contribution is -2.36. The van der Waals surface area contributed by atoms with Crippen molar-refractivity contribution in [1.29, 1.82) is 0 Å². The van der Waals surface area contributed by atoms with Crippen molar-refractivity contribution in [2.45, 2.75) is 13.8 Å². The highest BCUT2D eigenvalue weighted by molar-refractivity contribution is 8.18. The van der Waals surface area contributed by atoms with Crippen LogP contribution in [0, 0.1) is 11.8 Å². The number of allylic oxidation sites excluding steroid dienone is 7. The summed E-state index contributed by atoms with van der Waals surface area (Å²) in [6.07, 6.45) is 11.9. The second-order valence-corrected chi connectivity index (χ2v) is 8.31. The van der Waals surface area contributed by atoms with Crippen LogP contribution in [0.1, 0.15) is 24.2 Å². The molecule has 1 aromatic carbocycles. The molecule has 1 unspecified atom stereocenters. The SMILES string of the molecule is CC(=C\[C@@H]1C=CC=CC1C)/C=C1/SC(=O)N(CC(=O)Nc2ccc(C(=O)O)cc2)C1=O. The van der Waals surface area contributed by atoms with Crippen LogP contribution in [0.3, 0.4) is 0 Å². The molecule has 0 saturated carbocycles. The number of hydrogen-bond donors (Lipinski definition) is 2. The summed E-state index contributed by atoms with van der Waals surface area (Å²) in [6.45, 7) is 3.56. The molecule has 2 N–H and O–H groups in total. The normalized spacial score (nSPS) is 22.3. The van der Waals surface area contributed by atoms with E-state index in [2.05, 4.69) is 24.4 Å². The average molecular weight is 439 g/mol. The minimum Gasteiger partial charge on any atom is -0.478 e. The maximum Gasteiger partial charge on any atom is 0.335 e. The standard InChI is InChI=1S/C23H22N2O5S/c1-14(11-17-6-4-3-5-15(17)2)12-19-21(27)25(23(30)31-19)13-20(26)24-18-9-7-16(8-10-18)22(28)29/h3-12,15,17H,13H2,1-2H3,(H,24,26)(H,28,29)/b14-11+,19-12+/t15?,17-/m0/s1. The van der Waals surface area contributed by atoms with Crippen LogP contribution in [-0.4, -0.2) is 39.6 Å². The van der Waals surface area contributed by atoms with E-state index in [1.165, 1.54) is 24.3 Å². The number of carbonyl (C=O) groups is 4. The van der Waals surface area contributed by atoms with Gasteiger partial charge in [-0.25, -0.2) is 4.79 Å². The van der Waals surface area contributed by atoms with Crippen molar-refractivity contribution < 1.29 is 24.3 Å². The lowest BCUT2D eigenvalue weighted by atomic mass is 9.88. The Hall–Kier alpha value is -3.39. The molecule has 1 heterocycles. The van der Waals surface area contributed by atoms with E-state index in [1.807, 2.05) is 25.2 Å². The molecule has 1 aliphatic carbocycles. The molecule has 2 aliphatic rings. The fraction of sp³-hybridized carbons (Fsp3) is 0.217. The number of aromatic carboxylic acids is 1. The van der Waals surface area contributed by atoms with Crippen molar-refractivity contribution in [1.82, 2.24) is 4.90 Å². The van der Waals surface area contributed by atoms with Gasteiger partial charge in [0.05, 0.1) is 10.5 Å². The summed E-state index contributed by atoms with van der Waals surface area (Å²) >= 11 is 0.807. The van der Waals surface area contributed by atoms with E-state index in [0.29, 0.717) is 11.6 Å². The first-order chi connectivity index (χ1) is 14.7. The molecule has 1 aromatic rings. The van der Waals surface area contributed by atoms with Gasteiger partial charge in [0.25, 0.3) is 11.1 Å². The number of nitrogens with one attached hydrogen (secondary N) is 1. The number of amides is 3. The zero-order chi connectivity index (χ0) is 22.5. The minimum absolute atomic E-state index is 0.0895. The Morgan fingerprint density at radius 2 is 1.84 bits per heavy atom. The Morgan fingerprint density at radius 3 is 2.48 bits per heavy atom. The predicted octanol–water partition coefficient (Wildman–Crippen LogP) is 4.23. The molecule has 0 radical (unpaired) electrons. The molecule has 8 heteroatoms. The molecule has 1 fully saturated rings. The zero-order valence-corrected chi connectivity index (χ0v) is 17.9. The van der Waals surface area contributed by atoms with Crippen LogP contribution in [0.5, 0.6) is 0 Å². The van der Waals surface area contributed by atoms with Gasteiger partial charge in [0.1, 0.15) is 6.54 Å². The second kappa shape index (κ2) is 9.61. The van der Waals surface area contributed by atoms with Crippen LogP contribution in [0.4, 0.5) is 10.5 Å². The molecule has 3 amide bonds. The molecule has 31 heavy (non-hydrogen) atoms. The summed E-state index contributed by atoms with van der Waals surface area (Å²) in [4.78, 5) is 49.2. The van der Waals surface area contributed by atoms with Gasteiger partial charge in [-0.15, -0.1) is 0 Å². The van der Waals surface area contributed by atoms with Crippen molar-refractivity contribution in [3.8, 4) is 0 Å². The van der Waals surface area contributed by atoms with Crippen LogP contribution in [-0.2, 0) is 9.59 Å². The van der Waals surface area contributed by atoms with Crippen LogP contribution in [0.25, 0.3) is 0 Å². The van der Waals surface area contributed by atoms with Crippen molar-refractivity contribution in [2.24, 2.45) is 11.8 Å². The third kappa shape index (κ3) is 5.61. The fourth-order valence-corrected chi connectivity index (χ4v) is 4.07. The molecular formula is C23H22N2O5S. The zero-order valence-electron chi connectivity index (χ0n) is 17.1. The second-order valence-electron chi connectivity index (χ2n) is 7.32. The Kier molecular flexibility index (Phi) is 6.91. The van der Waals surface area contributed by atoms with Gasteiger partial charge < -0.3 is 10.4 Å². The van der Waals surface area contributed by atoms with E-state index in [9.17, 15) is 19.2 Å². The van der Waals surface area contributed by atoms with E-state index in [4.69, 9.17) is 5.11 Å². The lowest BCUT2D eigenvalue weighted by Gasteiger charge is -2.17. The van der Waals surface area contributed by atoms with Gasteiger partial charge in [-0.1, -0.05) is 42.9 Å². The van der Waals surface area contributed by atoms with E-state index in [1.54, 1.807) is 6.08 Å². The monoisotopic (exact) mass is 438 g/mol. The Labute approximate surface area is 184 Å². The van der Waals surface area contributed by atoms with E-state index in [0.717, 1.165) is 22.2 Å². The molecule has 0 spiro atoms. The quantitative estimate of drug-likeness (QED) is 0.645. The van der Waals surface area contributed by atoms with E-state index >= 15 is 0 Å². The molecule has 1 aliphatic heterocycles. The third-order valence-corrected chi connectivity index (χ3v) is 5.78. The van der Waals surface area contributed by atoms with Gasteiger partial charge in [0.2, 0.25) is 5.91 Å². The number of benzene rings is 1. The van der Waals surface area contributed by atoms with Crippen LogP contribution >= 0.6 is 11.8 Å². The minimum atomic E-state index is -1.07. The average Bonchev–Trinajstić information content (AvgIpc) is 2.97. The first-order valence-corrected chi connectivity index (χ1v) is 10.5. The highest BCUT2D eigenvalue weighted by atomic mass is 32.2. The summed E-state index contributed by atoms with van der Waals surface area (Å²) in [6, 6.07) is 5.60. The number of imide groups is 1. The van der Waals surface area contributed by atoms with Gasteiger partial charge >= 0.3 is 5.97 Å². The molecule has 1 saturated heterocycles. The fourth-order valence-electron chi connectivity index (χ4n) is 3.18. The Morgan fingerprint density at radius 1 is 1.16 bits per heavy atom. The predicted molar refractivity (Wildman–Crippen MR) is 120 cm³/mol. The number of anilines is 1. The van der Waals surface area contributed by atoms with Gasteiger partial charge in [-0.2, -0.15) is 0 Å². The van der Waals surface area contributed by atoms with Crippen molar-refractivity contribution in [2.75, 3.05) is 11.9 Å². The number of hydrogen-bond acceptors (Lipinski definition) is 5. The van der Waals surface area contributed by atoms with Gasteiger partial charge in [-0.3, -0.25) is 19.3 Å². The first-order valence-electron chi connectivity index (χ1n) is 9.66. The summed E-state index contributed by atoms with van der Waals surface area (Å²) in [7, 11) is 0. The summed E-state index contributed by atoms with van der Waals surface area (Å²) < 4.78 is 0. The smallest absolute Gasteiger partial charge is 0.335 e. The number of carbonyl (C=O) groups excluding carboxylic acids is 3. The molecule has 3 rings (SSSR count). The van der Waals surface area contributed by atoms with Crippen LogP contribution in [0.15, 0.2) is 71.2 Å². The summed E-state index contributed by atoms with van der Waals surface area (Å²) in [5, 5.41) is 11.0. The number of carboxylic acid groups (broad SMARTS) is 1. The van der Waals surface area contributed by atoms with Crippen LogP contribution < -0.4 is 5.32 Å². The van der Waals surface area contributed by atoms with E-state index in [-0.39, 0.29) is 16.4 Å². The van der Waals surface area contributed by atoms with E-state index < -0.39 is 29.6 Å². The summed E-state index contributed by atoms with van der Waals surface area (Å²) in [5.41, 5.74) is 1.33. The summed E-state index contributed by atoms with van der Waals surface area (Å²) in [5.74, 6) is -1.57. The number of carboxylic acids is 1. The maximum atomic E-state index is 12.6. The third-order valence-electron chi connectivity index (χ3n) is 4.87. The largest absolute Gasteiger partial charge is 0.478 e. The number of rotatable bonds is 6. The van der Waals surface area contributed by atoms with Gasteiger partial charge in [0, 0.05) is 11.6 Å². The van der Waals surface area contributed by atoms with Gasteiger partial charge in [0.15, 0.2) is 0 Å². The molecule has 160 valence electrons. The van der Waals surface area contributed by atoms with Crippen LogP contribution in [0.2, 0.25) is 0 Å². The molecule has 2 atom stereocenters. The number of thioether (sulfide) groups is 1. The highest BCUT2D eigenvalue weighted by Gasteiger charge is 2.36. The van der Waals surface area contributed by atoms with Crippen molar-refractivity contribution in [3.05, 3.63) is 76.8 Å². The topological polar surface area (TPSA) is 104 Å². The highest BCUT2D eigenvalue weighted by Crippen LogP contribution is 2.32. The van der Waals surface area contributed by atoms with Crippen molar-refractivity contribution >= 4 is 40.5 Å². The molecule has 0 aromatic heterocycles. The molecule has 7 nitrogen and oxygen atoms in total. The molecule has 0 bridgehead atoms. The first kappa shape index (κ1) is 22.3. The maximum absolute atomic E-state index is 12.6. The molecular weight excluding hydrogens is 416 g/mol. The lowest BCUT2D eigenvalue weighted by molar-refractivity contribution is -0.127. The Balaban J connectivity index is 1.63.